The van der Waals surface area contributed by atoms with Crippen molar-refractivity contribution >= 4 is 22.6 Å². The van der Waals surface area contributed by atoms with E-state index in [0.717, 1.165) is 0 Å². The number of fused-ring (bicyclic) bond motifs is 1. The fourth-order valence-electron chi connectivity index (χ4n) is 2.90. The number of aromatic hydroxyl groups is 1. The summed E-state index contributed by atoms with van der Waals surface area (Å²) in [7, 11) is 5.80. The smallest absolute Gasteiger partial charge is 0.203 e. The van der Waals surface area contributed by atoms with E-state index in [0.29, 0.717) is 22.6 Å². The van der Waals surface area contributed by atoms with Gasteiger partial charge in [0.05, 0.1) is 34.0 Å². The first-order valence-corrected chi connectivity index (χ1v) is 7.89. The van der Waals surface area contributed by atoms with Gasteiger partial charge in [-0.15, -0.1) is 0 Å². The van der Waals surface area contributed by atoms with Gasteiger partial charge in [-0.2, -0.15) is 0 Å². The van der Waals surface area contributed by atoms with Crippen LogP contribution in [-0.4, -0.2) is 39.3 Å². The third kappa shape index (κ3) is 2.84. The summed E-state index contributed by atoms with van der Waals surface area (Å²) in [4.78, 5) is 13.1. The van der Waals surface area contributed by atoms with Crippen molar-refractivity contribution in [1.29, 1.82) is 0 Å². The average Bonchev–Trinajstić information content (AvgIpc) is 3.03. The summed E-state index contributed by atoms with van der Waals surface area (Å²) < 4.78 is 26.3. The number of nitrogens with two attached hydrogens (primary N) is 1. The number of carbonyl (C=O) groups excluding carboxylic acids is 1. The highest BCUT2D eigenvalue weighted by molar-refractivity contribution is 6.20. The molecule has 0 spiro atoms. The predicted octanol–water partition coefficient (Wildman–Crippen LogP) is 2.99. The molecule has 3 aromatic rings. The van der Waals surface area contributed by atoms with E-state index in [1.54, 1.807) is 6.07 Å². The van der Waals surface area contributed by atoms with E-state index in [2.05, 4.69) is 0 Å². The van der Waals surface area contributed by atoms with E-state index >= 15 is 0 Å². The second-order valence-corrected chi connectivity index (χ2v) is 5.58. The molecule has 0 unspecified atom stereocenters. The van der Waals surface area contributed by atoms with Gasteiger partial charge in [-0.3, -0.25) is 4.79 Å². The lowest BCUT2D eigenvalue weighted by atomic mass is 10.0. The Morgan fingerprint density at radius 1 is 0.963 bits per heavy atom. The van der Waals surface area contributed by atoms with Gasteiger partial charge in [0.25, 0.3) is 0 Å². The van der Waals surface area contributed by atoms with Gasteiger partial charge in [0.15, 0.2) is 28.6 Å². The monoisotopic (exact) mass is 373 g/mol. The number of hydrogen-bond acceptors (Lipinski definition) is 8. The summed E-state index contributed by atoms with van der Waals surface area (Å²) in [5.41, 5.74) is 6.38. The number of ketones is 1. The zero-order valence-electron chi connectivity index (χ0n) is 15.3. The number of benzene rings is 2. The molecule has 27 heavy (non-hydrogen) atoms. The SMILES string of the molecule is COc1cc(C(=O)c2c(N)oc3c(O)c(OC)ccc23)cc(OC)c1OC. The first-order valence-electron chi connectivity index (χ1n) is 7.89. The average molecular weight is 373 g/mol. The fourth-order valence-corrected chi connectivity index (χ4v) is 2.90. The molecule has 0 saturated heterocycles. The maximum absolute atomic E-state index is 13.1. The molecule has 8 heteroatoms. The normalized spacial score (nSPS) is 10.7. The number of phenolic OH excluding ortho intramolecular Hbond substituents is 1. The Hall–Kier alpha value is -3.55. The molecule has 0 aliphatic rings. The number of ether oxygens (including phenoxy) is 4. The summed E-state index contributed by atoms with van der Waals surface area (Å²) in [5.74, 6) is 0.465. The van der Waals surface area contributed by atoms with Crippen LogP contribution in [0.5, 0.6) is 28.7 Å². The van der Waals surface area contributed by atoms with Gasteiger partial charge in [-0.1, -0.05) is 0 Å². The van der Waals surface area contributed by atoms with Gasteiger partial charge >= 0.3 is 0 Å². The van der Waals surface area contributed by atoms with Crippen LogP contribution >= 0.6 is 0 Å². The van der Waals surface area contributed by atoms with Gasteiger partial charge in [-0.25, -0.2) is 0 Å². The van der Waals surface area contributed by atoms with Gasteiger partial charge < -0.3 is 34.2 Å². The van der Waals surface area contributed by atoms with Gasteiger partial charge in [0.1, 0.15) is 0 Å². The van der Waals surface area contributed by atoms with Crippen LogP contribution in [0.25, 0.3) is 11.0 Å². The molecular weight excluding hydrogens is 354 g/mol. The number of rotatable bonds is 6. The maximum atomic E-state index is 13.1. The number of nitrogen functional groups attached to an aromatic ring is 1. The first-order chi connectivity index (χ1) is 13.0. The summed E-state index contributed by atoms with van der Waals surface area (Å²) >= 11 is 0. The third-order valence-corrected chi connectivity index (χ3v) is 4.20. The molecular formula is C19H19NO7. The van der Waals surface area contributed by atoms with Crippen molar-refractivity contribution in [3.8, 4) is 28.7 Å². The quantitative estimate of drug-likeness (QED) is 0.634. The Labute approximate surface area is 155 Å². The Morgan fingerprint density at radius 3 is 2.07 bits per heavy atom. The predicted molar refractivity (Wildman–Crippen MR) is 98.4 cm³/mol. The lowest BCUT2D eigenvalue weighted by molar-refractivity contribution is 0.103. The minimum Gasteiger partial charge on any atom is -0.502 e. The van der Waals surface area contributed by atoms with Crippen LogP contribution in [0.4, 0.5) is 5.88 Å². The molecule has 0 aliphatic carbocycles. The van der Waals surface area contributed by atoms with E-state index in [1.807, 2.05) is 0 Å². The summed E-state index contributed by atoms with van der Waals surface area (Å²) in [6.07, 6.45) is 0. The van der Waals surface area contributed by atoms with Crippen molar-refractivity contribution < 1.29 is 33.3 Å². The first kappa shape index (κ1) is 18.2. The Kier molecular flexibility index (Phi) is 4.72. The molecule has 2 aromatic carbocycles. The highest BCUT2D eigenvalue weighted by Crippen LogP contribution is 2.42. The molecule has 0 saturated carbocycles. The van der Waals surface area contributed by atoms with E-state index in [4.69, 9.17) is 29.1 Å². The molecule has 1 aromatic heterocycles. The Morgan fingerprint density at radius 2 is 1.56 bits per heavy atom. The highest BCUT2D eigenvalue weighted by atomic mass is 16.5. The molecule has 0 amide bonds. The lowest BCUT2D eigenvalue weighted by Gasteiger charge is -2.13. The van der Waals surface area contributed by atoms with Gasteiger partial charge in [0.2, 0.25) is 17.4 Å². The van der Waals surface area contributed by atoms with Crippen LogP contribution < -0.4 is 24.7 Å². The topological polar surface area (TPSA) is 113 Å². The van der Waals surface area contributed by atoms with Crippen LogP contribution in [0.3, 0.4) is 0 Å². The molecule has 0 aliphatic heterocycles. The molecule has 3 N–H and O–H groups in total. The standard InChI is InChI=1S/C19H19NO7/c1-23-11-6-5-10-14(19(20)27-17(10)16(11)22)15(21)9-7-12(24-2)18(26-4)13(8-9)25-3/h5-8,22H,20H2,1-4H3. The number of methoxy groups -OCH3 is 4. The molecule has 0 bridgehead atoms. The van der Waals surface area contributed by atoms with Crippen molar-refractivity contribution in [3.63, 3.8) is 0 Å². The molecule has 0 fully saturated rings. The van der Waals surface area contributed by atoms with Crippen LogP contribution in [-0.2, 0) is 0 Å². The molecule has 3 rings (SSSR count). The van der Waals surface area contributed by atoms with E-state index in [9.17, 15) is 9.90 Å². The number of furan rings is 1. The second-order valence-electron chi connectivity index (χ2n) is 5.58. The van der Waals surface area contributed by atoms with Crippen molar-refractivity contribution in [2.45, 2.75) is 0 Å². The number of carbonyl (C=O) groups is 1. The van der Waals surface area contributed by atoms with Crippen LogP contribution in [0.1, 0.15) is 15.9 Å². The lowest BCUT2D eigenvalue weighted by Crippen LogP contribution is -2.05. The summed E-state index contributed by atoms with van der Waals surface area (Å²) in [6.45, 7) is 0. The van der Waals surface area contributed by atoms with Crippen LogP contribution in [0.15, 0.2) is 28.7 Å². The molecule has 0 atom stereocenters. The second kappa shape index (κ2) is 6.99. The zero-order valence-corrected chi connectivity index (χ0v) is 15.3. The largest absolute Gasteiger partial charge is 0.502 e. The van der Waals surface area contributed by atoms with Gasteiger partial charge in [-0.05, 0) is 24.3 Å². The van der Waals surface area contributed by atoms with Crippen LogP contribution in [0.2, 0.25) is 0 Å². The Balaban J connectivity index is 2.19. The molecule has 1 heterocycles. The molecule has 0 radical (unpaired) electrons. The number of phenols is 1. The number of hydrogen-bond donors (Lipinski definition) is 2. The van der Waals surface area contributed by atoms with Crippen molar-refractivity contribution in [3.05, 3.63) is 35.4 Å². The Bertz CT molecular complexity index is 998. The fraction of sp³-hybridized carbons (Fsp3) is 0.211. The summed E-state index contributed by atoms with van der Waals surface area (Å²) in [6, 6.07) is 6.16. The summed E-state index contributed by atoms with van der Waals surface area (Å²) in [5, 5.41) is 10.6. The van der Waals surface area contributed by atoms with Crippen molar-refractivity contribution in [2.75, 3.05) is 34.2 Å². The maximum Gasteiger partial charge on any atom is 0.203 e. The van der Waals surface area contributed by atoms with E-state index in [-0.39, 0.29) is 34.1 Å². The van der Waals surface area contributed by atoms with E-state index < -0.39 is 5.78 Å². The molecule has 142 valence electrons. The van der Waals surface area contributed by atoms with E-state index in [1.165, 1.54) is 46.6 Å². The molecule has 8 nitrogen and oxygen atoms in total. The number of anilines is 1. The third-order valence-electron chi connectivity index (χ3n) is 4.20. The van der Waals surface area contributed by atoms with Crippen LogP contribution in [0, 0.1) is 0 Å². The zero-order chi connectivity index (χ0) is 19.7. The minimum atomic E-state index is -0.421. The van der Waals surface area contributed by atoms with Crippen molar-refractivity contribution in [2.24, 2.45) is 0 Å². The highest BCUT2D eigenvalue weighted by Gasteiger charge is 2.26. The van der Waals surface area contributed by atoms with Crippen molar-refractivity contribution in [1.82, 2.24) is 0 Å². The minimum absolute atomic E-state index is 0.0719. The van der Waals surface area contributed by atoms with Gasteiger partial charge in [0, 0.05) is 10.9 Å².